The Morgan fingerprint density at radius 3 is 1.36 bits per heavy atom. The summed E-state index contributed by atoms with van der Waals surface area (Å²) in [7, 11) is 3.23. The standard InChI is InChI=1S/C44H58N4O8/c1-55-40-8-6-30(17-35(40)20-38(43(51)52)33-11-14-46-23-33)26-48(25-29-5-3-4-28(16-29)19-37(42(49)50)32-10-13-45-22-32)27-31-7-9-41(56-2)36(18-31)21-39(44(53)54)34-12-15-47-24-34/h3-9,16-18,32-34,37-39,45-47H,10-15,19-27H2,1-2H3,(H,49,50)(H,51,52)(H,53,54)/t32-,33-,34+,37-,38-,39+/m0/s1. The van der Waals surface area contributed by atoms with E-state index in [9.17, 15) is 29.7 Å². The van der Waals surface area contributed by atoms with Crippen molar-refractivity contribution >= 4 is 17.9 Å². The summed E-state index contributed by atoms with van der Waals surface area (Å²) in [6.45, 7) is 6.22. The van der Waals surface area contributed by atoms with Gasteiger partial charge in [0.2, 0.25) is 0 Å². The lowest BCUT2D eigenvalue weighted by Gasteiger charge is -2.26. The zero-order valence-electron chi connectivity index (χ0n) is 32.7. The quantitative estimate of drug-likeness (QED) is 0.0956. The van der Waals surface area contributed by atoms with Gasteiger partial charge in [0.05, 0.1) is 32.0 Å². The topological polar surface area (TPSA) is 170 Å². The fraction of sp³-hybridized carbons (Fsp3) is 0.523. The zero-order valence-corrected chi connectivity index (χ0v) is 32.7. The van der Waals surface area contributed by atoms with Gasteiger partial charge in [-0.05, 0) is 141 Å². The van der Waals surface area contributed by atoms with Crippen LogP contribution in [0.3, 0.4) is 0 Å². The van der Waals surface area contributed by atoms with Crippen LogP contribution in [0, 0.1) is 35.5 Å². The molecule has 3 saturated heterocycles. The summed E-state index contributed by atoms with van der Waals surface area (Å²) < 4.78 is 11.5. The van der Waals surface area contributed by atoms with Crippen molar-refractivity contribution < 1.29 is 39.2 Å². The lowest BCUT2D eigenvalue weighted by molar-refractivity contribution is -0.144. The van der Waals surface area contributed by atoms with Gasteiger partial charge < -0.3 is 40.7 Å². The monoisotopic (exact) mass is 770 g/mol. The van der Waals surface area contributed by atoms with Crippen LogP contribution in [0.4, 0.5) is 0 Å². The van der Waals surface area contributed by atoms with Crippen molar-refractivity contribution in [2.75, 3.05) is 53.5 Å². The third kappa shape index (κ3) is 10.7. The van der Waals surface area contributed by atoms with E-state index in [1.54, 1.807) is 14.2 Å². The normalized spacial score (nSPS) is 21.2. The summed E-state index contributed by atoms with van der Waals surface area (Å²) in [6, 6.07) is 20.2. The Bertz CT molecular complexity index is 1710. The van der Waals surface area contributed by atoms with Crippen LogP contribution in [-0.4, -0.2) is 91.6 Å². The minimum Gasteiger partial charge on any atom is -0.496 e. The van der Waals surface area contributed by atoms with Crippen molar-refractivity contribution in [3.8, 4) is 11.5 Å². The molecular formula is C44H58N4O8. The first-order chi connectivity index (χ1) is 27.1. The van der Waals surface area contributed by atoms with Crippen LogP contribution < -0.4 is 25.4 Å². The average molecular weight is 771 g/mol. The molecule has 0 spiro atoms. The van der Waals surface area contributed by atoms with Crippen molar-refractivity contribution in [2.24, 2.45) is 35.5 Å². The van der Waals surface area contributed by atoms with Crippen LogP contribution in [0.2, 0.25) is 0 Å². The maximum Gasteiger partial charge on any atom is 0.307 e. The molecule has 3 aliphatic rings. The predicted molar refractivity (Wildman–Crippen MR) is 213 cm³/mol. The molecule has 3 fully saturated rings. The van der Waals surface area contributed by atoms with Gasteiger partial charge in [0.25, 0.3) is 0 Å². The molecule has 3 aromatic rings. The maximum atomic E-state index is 12.5. The van der Waals surface area contributed by atoms with E-state index in [-0.39, 0.29) is 17.8 Å². The van der Waals surface area contributed by atoms with E-state index in [1.165, 1.54) is 0 Å². The first-order valence-corrected chi connectivity index (χ1v) is 20.0. The second-order valence-electron chi connectivity index (χ2n) is 16.0. The number of rotatable bonds is 20. The molecule has 6 rings (SSSR count). The molecule has 0 unspecified atom stereocenters. The van der Waals surface area contributed by atoms with E-state index in [0.29, 0.717) is 70.0 Å². The molecule has 0 bridgehead atoms. The fourth-order valence-corrected chi connectivity index (χ4v) is 9.13. The SMILES string of the molecule is COc1ccc(CN(Cc2cccc(C[C@H](C(=O)O)[C@H]3CCNC3)c2)Cc2ccc(OC)c(C[C@@H](C(=O)O)[C@@H]3CCNC3)c2)cc1C[C@H](C(=O)O)[C@H]1CCNC1. The lowest BCUT2D eigenvalue weighted by Crippen LogP contribution is -2.28. The van der Waals surface area contributed by atoms with Crippen LogP contribution in [0.1, 0.15) is 52.6 Å². The van der Waals surface area contributed by atoms with E-state index >= 15 is 0 Å². The average Bonchev–Trinajstić information content (AvgIpc) is 4.01. The summed E-state index contributed by atoms with van der Waals surface area (Å²) in [6.07, 6.45) is 3.70. The maximum absolute atomic E-state index is 12.5. The van der Waals surface area contributed by atoms with Crippen LogP contribution in [0.15, 0.2) is 60.7 Å². The third-order valence-corrected chi connectivity index (χ3v) is 12.2. The molecule has 0 saturated carbocycles. The summed E-state index contributed by atoms with van der Waals surface area (Å²) in [5, 5.41) is 40.5. The molecular weight excluding hydrogens is 713 g/mol. The van der Waals surface area contributed by atoms with Gasteiger partial charge in [0.15, 0.2) is 0 Å². The number of carbonyl (C=O) groups is 3. The van der Waals surface area contributed by atoms with Crippen molar-refractivity contribution in [1.29, 1.82) is 0 Å². The molecule has 3 heterocycles. The van der Waals surface area contributed by atoms with Crippen molar-refractivity contribution in [3.63, 3.8) is 0 Å². The molecule has 3 aliphatic heterocycles. The van der Waals surface area contributed by atoms with E-state index in [0.717, 1.165) is 72.3 Å². The Morgan fingerprint density at radius 2 is 0.982 bits per heavy atom. The van der Waals surface area contributed by atoms with Gasteiger partial charge in [-0.3, -0.25) is 19.3 Å². The lowest BCUT2D eigenvalue weighted by atomic mass is 9.85. The Labute approximate surface area is 330 Å². The van der Waals surface area contributed by atoms with Gasteiger partial charge >= 0.3 is 17.9 Å². The fourth-order valence-electron chi connectivity index (χ4n) is 9.13. The molecule has 0 amide bonds. The highest BCUT2D eigenvalue weighted by Gasteiger charge is 2.33. The van der Waals surface area contributed by atoms with Crippen molar-refractivity contribution in [3.05, 3.63) is 94.0 Å². The van der Waals surface area contributed by atoms with Crippen molar-refractivity contribution in [2.45, 2.75) is 58.2 Å². The number of carboxylic acids is 3. The predicted octanol–water partition coefficient (Wildman–Crippen LogP) is 4.46. The van der Waals surface area contributed by atoms with Crippen LogP contribution in [-0.2, 0) is 53.3 Å². The second-order valence-corrected chi connectivity index (χ2v) is 16.0. The third-order valence-electron chi connectivity index (χ3n) is 12.2. The molecule has 12 nitrogen and oxygen atoms in total. The molecule has 6 N–H and O–H groups in total. The molecule has 3 aromatic carbocycles. The molecule has 0 aromatic heterocycles. The Morgan fingerprint density at radius 1 is 0.589 bits per heavy atom. The first kappa shape index (κ1) is 41.2. The number of carboxylic acid groups (broad SMARTS) is 3. The highest BCUT2D eigenvalue weighted by atomic mass is 16.5. The minimum absolute atomic E-state index is 0.0465. The van der Waals surface area contributed by atoms with Gasteiger partial charge in [0, 0.05) is 19.6 Å². The summed E-state index contributed by atoms with van der Waals surface area (Å²) in [5.74, 6) is -2.37. The van der Waals surface area contributed by atoms with Gasteiger partial charge in [-0.25, -0.2) is 0 Å². The van der Waals surface area contributed by atoms with Crippen molar-refractivity contribution in [1.82, 2.24) is 20.9 Å². The number of nitrogens with one attached hydrogen (secondary N) is 3. The molecule has 56 heavy (non-hydrogen) atoms. The van der Waals surface area contributed by atoms with E-state index in [1.807, 2.05) is 36.4 Å². The van der Waals surface area contributed by atoms with Crippen LogP contribution in [0.5, 0.6) is 11.5 Å². The van der Waals surface area contributed by atoms with E-state index < -0.39 is 35.7 Å². The summed E-state index contributed by atoms with van der Waals surface area (Å²) >= 11 is 0. The van der Waals surface area contributed by atoms with Gasteiger partial charge in [-0.1, -0.05) is 48.5 Å². The number of hydrogen-bond acceptors (Lipinski definition) is 9. The highest BCUT2D eigenvalue weighted by Crippen LogP contribution is 2.32. The molecule has 0 aliphatic carbocycles. The largest absolute Gasteiger partial charge is 0.496 e. The number of benzene rings is 3. The summed E-state index contributed by atoms with van der Waals surface area (Å²) in [5.41, 5.74) is 5.79. The van der Waals surface area contributed by atoms with Gasteiger partial charge in [-0.15, -0.1) is 0 Å². The van der Waals surface area contributed by atoms with Crippen LogP contribution in [0.25, 0.3) is 0 Å². The van der Waals surface area contributed by atoms with E-state index in [4.69, 9.17) is 9.47 Å². The number of nitrogens with zero attached hydrogens (tertiary/aromatic N) is 1. The van der Waals surface area contributed by atoms with E-state index in [2.05, 4.69) is 45.1 Å². The van der Waals surface area contributed by atoms with Crippen LogP contribution >= 0.6 is 0 Å². The Balaban J connectivity index is 1.29. The van der Waals surface area contributed by atoms with Gasteiger partial charge in [-0.2, -0.15) is 0 Å². The molecule has 0 radical (unpaired) electrons. The molecule has 6 atom stereocenters. The zero-order chi connectivity index (χ0) is 39.6. The van der Waals surface area contributed by atoms with Gasteiger partial charge in [0.1, 0.15) is 11.5 Å². The Hall–Kier alpha value is -4.49. The minimum atomic E-state index is -0.799. The highest BCUT2D eigenvalue weighted by molar-refractivity contribution is 5.72. The molecule has 12 heteroatoms. The smallest absolute Gasteiger partial charge is 0.307 e. The number of aliphatic carboxylic acids is 3. The Kier molecular flexibility index (Phi) is 14.4. The summed E-state index contributed by atoms with van der Waals surface area (Å²) in [4.78, 5) is 39.6. The number of ether oxygens (including phenoxy) is 2. The number of methoxy groups -OCH3 is 2. The molecule has 302 valence electrons. The first-order valence-electron chi connectivity index (χ1n) is 20.0. The number of hydrogen-bond donors (Lipinski definition) is 6. The second kappa shape index (κ2) is 19.6.